The zero-order chi connectivity index (χ0) is 39.6. The number of nitrogens with zero attached hydrogens (tertiary/aromatic N) is 3. The predicted molar refractivity (Wildman–Crippen MR) is 212 cm³/mol. The first-order valence-electron chi connectivity index (χ1n) is 18.9. The number of carbonyl (C=O) groups is 3. The van der Waals surface area contributed by atoms with E-state index in [1.54, 1.807) is 27.3 Å². The minimum Gasteiger partial charge on any atom is -0.350 e. The fourth-order valence-corrected chi connectivity index (χ4v) is 7.02. The van der Waals surface area contributed by atoms with E-state index >= 15 is 0 Å². The lowest BCUT2D eigenvalue weighted by Gasteiger charge is -2.23. The summed E-state index contributed by atoms with van der Waals surface area (Å²) in [6.07, 6.45) is 2.14. The zero-order valence-corrected chi connectivity index (χ0v) is 31.4. The van der Waals surface area contributed by atoms with Crippen molar-refractivity contribution in [2.75, 3.05) is 31.5 Å². The molecule has 1 saturated heterocycles. The summed E-state index contributed by atoms with van der Waals surface area (Å²) in [5.74, 6) is -3.36. The van der Waals surface area contributed by atoms with E-state index in [1.807, 2.05) is 61.5 Å². The Balaban J connectivity index is 1.22. The Hall–Kier alpha value is -5.86. The first kappa shape index (κ1) is 39.8. The zero-order valence-electron chi connectivity index (χ0n) is 31.4. The Morgan fingerprint density at radius 3 is 2.25 bits per heavy atom. The van der Waals surface area contributed by atoms with Crippen molar-refractivity contribution in [1.82, 2.24) is 30.0 Å². The van der Waals surface area contributed by atoms with Crippen molar-refractivity contribution in [3.05, 3.63) is 135 Å². The van der Waals surface area contributed by atoms with Gasteiger partial charge in [0.25, 0.3) is 0 Å². The highest BCUT2D eigenvalue weighted by atomic mass is 19.2. The highest BCUT2D eigenvalue weighted by molar-refractivity contribution is 5.96. The Kier molecular flexibility index (Phi) is 13.3. The molecule has 294 valence electrons. The number of anilines is 1. The molecule has 0 spiro atoms. The summed E-state index contributed by atoms with van der Waals surface area (Å²) in [5.41, 5.74) is 10.5. The number of nitrogens with two attached hydrogens (primary N) is 1. The molecule has 4 aromatic carbocycles. The first-order valence-corrected chi connectivity index (χ1v) is 18.9. The summed E-state index contributed by atoms with van der Waals surface area (Å²) in [6.45, 7) is 5.82. The van der Waals surface area contributed by atoms with Crippen LogP contribution in [0, 0.1) is 18.6 Å². The van der Waals surface area contributed by atoms with E-state index in [4.69, 9.17) is 5.73 Å². The van der Waals surface area contributed by atoms with Crippen molar-refractivity contribution in [3.8, 4) is 0 Å². The molecule has 2 heterocycles. The number of benzene rings is 4. The van der Waals surface area contributed by atoms with Gasteiger partial charge in [-0.3, -0.25) is 18.7 Å². The van der Waals surface area contributed by atoms with Crippen LogP contribution in [0.3, 0.4) is 0 Å². The van der Waals surface area contributed by atoms with E-state index < -0.39 is 41.6 Å². The molecule has 0 radical (unpaired) electrons. The van der Waals surface area contributed by atoms with Gasteiger partial charge < -0.3 is 31.9 Å². The Morgan fingerprint density at radius 2 is 1.52 bits per heavy atom. The van der Waals surface area contributed by atoms with Gasteiger partial charge in [0.05, 0.1) is 17.6 Å². The number of carbonyl (C=O) groups excluding carboxylic acids is 3. The molecule has 0 saturated carbocycles. The second-order valence-corrected chi connectivity index (χ2v) is 14.1. The van der Waals surface area contributed by atoms with Crippen LogP contribution >= 0.6 is 0 Å². The van der Waals surface area contributed by atoms with Crippen LogP contribution in [-0.4, -0.2) is 70.1 Å². The third-order valence-corrected chi connectivity index (χ3v) is 10.1. The lowest BCUT2D eigenvalue weighted by molar-refractivity contribution is -0.130. The van der Waals surface area contributed by atoms with Crippen molar-refractivity contribution < 1.29 is 23.2 Å². The fourth-order valence-electron chi connectivity index (χ4n) is 7.02. The number of fused-ring (bicyclic) bond motifs is 1. The number of hydrogen-bond acceptors (Lipinski definition) is 6. The molecule has 1 aromatic heterocycles. The predicted octanol–water partition coefficient (Wildman–Crippen LogP) is 4.42. The number of aromatic nitrogens is 2. The van der Waals surface area contributed by atoms with Gasteiger partial charge in [-0.15, -0.1) is 0 Å². The Bertz CT molecular complexity index is 2220. The summed E-state index contributed by atoms with van der Waals surface area (Å²) >= 11 is 0. The smallest absolute Gasteiger partial charge is 0.329 e. The summed E-state index contributed by atoms with van der Waals surface area (Å²) in [7, 11) is 0. The number of rotatable bonds is 16. The van der Waals surface area contributed by atoms with Crippen molar-refractivity contribution in [1.29, 1.82) is 0 Å². The Labute approximate surface area is 324 Å². The standard InChI is InChI=1S/C42H48F2N8O4/c1-28-9-5-6-12-31(28)27-52-37-16-14-32(25-38(37)51(42(52)56)22-21-50-19-7-8-20-50)47-41(55)49-36(24-30-13-15-33(43)34(44)23-30)40(54)48-35(17-18-45)39(53)46-26-29-10-3-2-4-11-29/h2-6,9-16,23,25,35-36H,7-8,17-22,24,26-27,45H2,1H3,(H,46,53)(H,48,54)(H2,47,49,55)/t35-,36-/m0/s1. The van der Waals surface area contributed by atoms with Crippen molar-refractivity contribution >= 4 is 34.6 Å². The van der Waals surface area contributed by atoms with Gasteiger partial charge >= 0.3 is 11.7 Å². The van der Waals surface area contributed by atoms with Crippen LogP contribution in [0.15, 0.2) is 95.8 Å². The van der Waals surface area contributed by atoms with Crippen LogP contribution in [0.5, 0.6) is 0 Å². The molecule has 5 aromatic rings. The van der Waals surface area contributed by atoms with E-state index in [0.717, 1.165) is 54.8 Å². The molecular weight excluding hydrogens is 719 g/mol. The summed E-state index contributed by atoms with van der Waals surface area (Å²) in [6, 6.07) is 22.5. The number of imidazole rings is 1. The molecule has 2 atom stereocenters. The van der Waals surface area contributed by atoms with Crippen molar-refractivity contribution in [3.63, 3.8) is 0 Å². The lowest BCUT2D eigenvalue weighted by atomic mass is 10.0. The molecule has 0 aliphatic carbocycles. The van der Waals surface area contributed by atoms with Gasteiger partial charge in [0.1, 0.15) is 12.1 Å². The van der Waals surface area contributed by atoms with Crippen LogP contribution in [0.2, 0.25) is 0 Å². The first-order chi connectivity index (χ1) is 27.1. The highest BCUT2D eigenvalue weighted by Crippen LogP contribution is 2.22. The summed E-state index contributed by atoms with van der Waals surface area (Å²) < 4.78 is 31.5. The monoisotopic (exact) mass is 766 g/mol. The molecule has 1 aliphatic heterocycles. The number of nitrogens with one attached hydrogen (secondary N) is 4. The van der Waals surface area contributed by atoms with E-state index in [0.29, 0.717) is 36.4 Å². The van der Waals surface area contributed by atoms with Crippen LogP contribution in [0.4, 0.5) is 19.3 Å². The molecule has 6 N–H and O–H groups in total. The number of hydrogen-bond donors (Lipinski definition) is 5. The van der Waals surface area contributed by atoms with E-state index in [2.05, 4.69) is 26.2 Å². The molecule has 1 aliphatic rings. The van der Waals surface area contributed by atoms with Gasteiger partial charge in [-0.05, 0) is 98.4 Å². The molecule has 1 fully saturated rings. The maximum atomic E-state index is 14.2. The lowest BCUT2D eigenvalue weighted by Crippen LogP contribution is -2.55. The van der Waals surface area contributed by atoms with E-state index in [-0.39, 0.29) is 37.2 Å². The van der Waals surface area contributed by atoms with Crippen LogP contribution in [0.25, 0.3) is 11.0 Å². The topological polar surface area (TPSA) is 156 Å². The van der Waals surface area contributed by atoms with Crippen LogP contribution in [0.1, 0.15) is 41.5 Å². The van der Waals surface area contributed by atoms with Gasteiger partial charge in [0.2, 0.25) is 11.8 Å². The largest absolute Gasteiger partial charge is 0.350 e. The quantitative estimate of drug-likeness (QED) is 0.100. The van der Waals surface area contributed by atoms with Gasteiger partial charge in [-0.25, -0.2) is 18.4 Å². The summed E-state index contributed by atoms with van der Waals surface area (Å²) in [5, 5.41) is 10.9. The van der Waals surface area contributed by atoms with Crippen molar-refractivity contribution in [2.45, 2.75) is 64.3 Å². The van der Waals surface area contributed by atoms with Gasteiger partial charge in [-0.1, -0.05) is 60.7 Å². The van der Waals surface area contributed by atoms with Crippen LogP contribution < -0.4 is 32.7 Å². The Morgan fingerprint density at radius 1 is 0.768 bits per heavy atom. The number of aryl methyl sites for hydroxylation is 1. The minimum atomic E-state index is -1.31. The molecule has 14 heteroatoms. The molecule has 0 unspecified atom stereocenters. The summed E-state index contributed by atoms with van der Waals surface area (Å²) in [4.78, 5) is 56.8. The van der Waals surface area contributed by atoms with Crippen molar-refractivity contribution in [2.24, 2.45) is 5.73 Å². The average molecular weight is 767 g/mol. The molecular formula is C42H48F2N8O4. The highest BCUT2D eigenvalue weighted by Gasteiger charge is 2.27. The second kappa shape index (κ2) is 18.7. The number of halogens is 2. The maximum Gasteiger partial charge on any atom is 0.329 e. The number of amides is 4. The van der Waals surface area contributed by atoms with E-state index in [1.165, 1.54) is 6.07 Å². The van der Waals surface area contributed by atoms with Gasteiger partial charge in [0.15, 0.2) is 11.6 Å². The fraction of sp³-hybridized carbons (Fsp3) is 0.333. The molecule has 0 bridgehead atoms. The van der Waals surface area contributed by atoms with Gasteiger partial charge in [-0.2, -0.15) is 0 Å². The number of likely N-dealkylation sites (tertiary alicyclic amines) is 1. The molecule has 6 rings (SSSR count). The molecule has 12 nitrogen and oxygen atoms in total. The third kappa shape index (κ3) is 10.1. The van der Waals surface area contributed by atoms with Gasteiger partial charge in [0, 0.05) is 31.7 Å². The van der Waals surface area contributed by atoms with E-state index in [9.17, 15) is 28.0 Å². The molecule has 56 heavy (non-hydrogen) atoms. The average Bonchev–Trinajstić information content (AvgIpc) is 3.80. The SMILES string of the molecule is Cc1ccccc1Cn1c(=O)n(CCN2CCCC2)c2cc(NC(=O)N[C@@H](Cc3ccc(F)c(F)c3)C(=O)N[C@@H](CCN)C(=O)NCc3ccccc3)ccc21. The third-order valence-electron chi connectivity index (χ3n) is 10.1. The molecule has 4 amide bonds. The normalized spacial score (nSPS) is 14.0. The minimum absolute atomic E-state index is 0.0870. The number of urea groups is 1. The second-order valence-electron chi connectivity index (χ2n) is 14.1. The van der Waals surface area contributed by atoms with Crippen LogP contribution in [-0.2, 0) is 35.6 Å². The maximum absolute atomic E-state index is 14.2.